The van der Waals surface area contributed by atoms with E-state index in [1.807, 2.05) is 42.8 Å². The van der Waals surface area contributed by atoms with Crippen LogP contribution in [-0.4, -0.2) is 15.5 Å². The van der Waals surface area contributed by atoms with E-state index in [1.54, 1.807) is 12.1 Å². The number of nitrogens with zero attached hydrogens (tertiary/aromatic N) is 2. The lowest BCUT2D eigenvalue weighted by Gasteiger charge is -2.12. The Morgan fingerprint density at radius 2 is 2.10 bits per heavy atom. The number of aryl methyl sites for hydroxylation is 1. The average molecular weight is 348 g/mol. The molecule has 0 radical (unpaired) electrons. The van der Waals surface area contributed by atoms with Gasteiger partial charge in [0.05, 0.1) is 17.1 Å². The molecular formula is C15H14BrN3O2. The monoisotopic (exact) mass is 347 g/mol. The molecule has 0 saturated carbocycles. The van der Waals surface area contributed by atoms with Crippen LogP contribution in [0.3, 0.4) is 0 Å². The predicted octanol–water partition coefficient (Wildman–Crippen LogP) is 3.42. The molecule has 2 heterocycles. The molecule has 0 spiro atoms. The summed E-state index contributed by atoms with van der Waals surface area (Å²) < 4.78 is 7.76. The lowest BCUT2D eigenvalue weighted by atomic mass is 10.3. The van der Waals surface area contributed by atoms with Crippen molar-refractivity contribution in [2.24, 2.45) is 7.05 Å². The van der Waals surface area contributed by atoms with Gasteiger partial charge in [-0.2, -0.15) is 0 Å². The maximum atomic E-state index is 12.1. The van der Waals surface area contributed by atoms with Gasteiger partial charge in [0.15, 0.2) is 10.4 Å². The van der Waals surface area contributed by atoms with Gasteiger partial charge in [-0.25, -0.2) is 4.98 Å². The van der Waals surface area contributed by atoms with Crippen molar-refractivity contribution in [1.29, 1.82) is 0 Å². The number of hydrogen-bond donors (Lipinski definition) is 1. The topological polar surface area (TPSA) is 60.1 Å². The lowest BCUT2D eigenvalue weighted by molar-refractivity contribution is 0.0908. The molecular weight excluding hydrogens is 334 g/mol. The maximum Gasteiger partial charge on any atom is 0.287 e. The van der Waals surface area contributed by atoms with E-state index < -0.39 is 0 Å². The predicted molar refractivity (Wildman–Crippen MR) is 83.0 cm³/mol. The van der Waals surface area contributed by atoms with Crippen molar-refractivity contribution in [2.45, 2.75) is 13.0 Å². The van der Waals surface area contributed by atoms with Crippen LogP contribution in [-0.2, 0) is 7.05 Å². The number of halogens is 1. The first kappa shape index (κ1) is 13.9. The molecule has 1 aromatic carbocycles. The highest BCUT2D eigenvalue weighted by Gasteiger charge is 2.18. The molecule has 0 bridgehead atoms. The molecule has 0 aliphatic rings. The quantitative estimate of drug-likeness (QED) is 0.789. The minimum atomic E-state index is -0.264. The van der Waals surface area contributed by atoms with E-state index in [2.05, 4.69) is 26.2 Å². The van der Waals surface area contributed by atoms with E-state index in [1.165, 1.54) is 0 Å². The van der Waals surface area contributed by atoms with Crippen molar-refractivity contribution in [2.75, 3.05) is 0 Å². The summed E-state index contributed by atoms with van der Waals surface area (Å²) in [6.45, 7) is 1.90. The normalized spacial score (nSPS) is 12.5. The Bertz CT molecular complexity index is 806. The number of aromatic nitrogens is 2. The lowest BCUT2D eigenvalue weighted by Crippen LogP contribution is -2.28. The maximum absolute atomic E-state index is 12.1. The Morgan fingerprint density at radius 3 is 2.76 bits per heavy atom. The molecule has 6 heteroatoms. The third kappa shape index (κ3) is 2.58. The first-order valence-electron chi connectivity index (χ1n) is 6.54. The average Bonchev–Trinajstić information content (AvgIpc) is 3.04. The third-order valence-electron chi connectivity index (χ3n) is 3.35. The highest BCUT2D eigenvalue weighted by molar-refractivity contribution is 9.10. The van der Waals surface area contributed by atoms with Crippen molar-refractivity contribution >= 4 is 32.9 Å². The highest BCUT2D eigenvalue weighted by Crippen LogP contribution is 2.20. The fourth-order valence-electron chi connectivity index (χ4n) is 2.32. The SMILES string of the molecule is C[C@H](NC(=O)c1ccc(Br)o1)c1nc2ccccc2n1C. The van der Waals surface area contributed by atoms with Crippen LogP contribution < -0.4 is 5.32 Å². The number of benzene rings is 1. The molecule has 0 aliphatic heterocycles. The zero-order valence-corrected chi connectivity index (χ0v) is 13.2. The van der Waals surface area contributed by atoms with E-state index in [0.717, 1.165) is 16.9 Å². The smallest absolute Gasteiger partial charge is 0.287 e. The second kappa shape index (κ2) is 5.37. The summed E-state index contributed by atoms with van der Waals surface area (Å²) in [6.07, 6.45) is 0. The Morgan fingerprint density at radius 1 is 1.33 bits per heavy atom. The van der Waals surface area contributed by atoms with Gasteiger partial charge in [-0.15, -0.1) is 0 Å². The van der Waals surface area contributed by atoms with Crippen LogP contribution in [0.1, 0.15) is 29.3 Å². The van der Waals surface area contributed by atoms with Crippen molar-refractivity contribution in [3.63, 3.8) is 0 Å². The largest absolute Gasteiger partial charge is 0.444 e. The number of nitrogens with one attached hydrogen (secondary N) is 1. The van der Waals surface area contributed by atoms with Gasteiger partial charge < -0.3 is 14.3 Å². The Hall–Kier alpha value is -2.08. The van der Waals surface area contributed by atoms with Crippen LogP contribution in [0, 0.1) is 0 Å². The van der Waals surface area contributed by atoms with Crippen LogP contribution in [0.2, 0.25) is 0 Å². The van der Waals surface area contributed by atoms with Crippen molar-refractivity contribution in [1.82, 2.24) is 14.9 Å². The minimum Gasteiger partial charge on any atom is -0.444 e. The number of furan rings is 1. The summed E-state index contributed by atoms with van der Waals surface area (Å²) >= 11 is 3.18. The van der Waals surface area contributed by atoms with E-state index >= 15 is 0 Å². The van der Waals surface area contributed by atoms with E-state index in [-0.39, 0.29) is 17.7 Å². The number of amides is 1. The summed E-state index contributed by atoms with van der Waals surface area (Å²) in [7, 11) is 1.94. The molecule has 1 N–H and O–H groups in total. The molecule has 0 unspecified atom stereocenters. The molecule has 21 heavy (non-hydrogen) atoms. The van der Waals surface area contributed by atoms with E-state index in [9.17, 15) is 4.79 Å². The first-order chi connectivity index (χ1) is 10.1. The number of fused-ring (bicyclic) bond motifs is 1. The zero-order valence-electron chi connectivity index (χ0n) is 11.6. The van der Waals surface area contributed by atoms with E-state index in [0.29, 0.717) is 4.67 Å². The van der Waals surface area contributed by atoms with Crippen LogP contribution >= 0.6 is 15.9 Å². The van der Waals surface area contributed by atoms with Gasteiger partial charge in [-0.3, -0.25) is 4.79 Å². The summed E-state index contributed by atoms with van der Waals surface area (Å²) in [4.78, 5) is 16.7. The Labute approximate surface area is 130 Å². The zero-order chi connectivity index (χ0) is 15.0. The third-order valence-corrected chi connectivity index (χ3v) is 3.78. The summed E-state index contributed by atoms with van der Waals surface area (Å²) in [5.41, 5.74) is 1.95. The van der Waals surface area contributed by atoms with Gasteiger partial charge in [-0.1, -0.05) is 12.1 Å². The standard InChI is InChI=1S/C15H14BrN3O2/c1-9(17-15(20)12-7-8-13(16)21-12)14-18-10-5-3-4-6-11(10)19(14)2/h3-9H,1-2H3,(H,17,20)/t9-/m0/s1. The van der Waals surface area contributed by atoms with Gasteiger partial charge in [0.1, 0.15) is 5.82 Å². The van der Waals surface area contributed by atoms with Crippen molar-refractivity contribution in [3.05, 3.63) is 52.7 Å². The minimum absolute atomic E-state index is 0.223. The van der Waals surface area contributed by atoms with Crippen molar-refractivity contribution < 1.29 is 9.21 Å². The Balaban J connectivity index is 1.85. The second-order valence-corrected chi connectivity index (χ2v) is 5.60. The molecule has 0 fully saturated rings. The number of rotatable bonds is 3. The van der Waals surface area contributed by atoms with E-state index in [4.69, 9.17) is 4.42 Å². The summed E-state index contributed by atoms with van der Waals surface area (Å²) in [5, 5.41) is 2.89. The van der Waals surface area contributed by atoms with Gasteiger partial charge >= 0.3 is 0 Å². The number of imidazole rings is 1. The van der Waals surface area contributed by atoms with Crippen LogP contribution in [0.5, 0.6) is 0 Å². The summed E-state index contributed by atoms with van der Waals surface area (Å²) in [5.74, 6) is 0.808. The molecule has 0 saturated heterocycles. The number of carbonyl (C=O) groups excluding carboxylic acids is 1. The molecule has 5 nitrogen and oxygen atoms in total. The fourth-order valence-corrected chi connectivity index (χ4v) is 2.63. The number of hydrogen-bond acceptors (Lipinski definition) is 3. The molecule has 3 rings (SSSR count). The second-order valence-electron chi connectivity index (χ2n) is 4.82. The highest BCUT2D eigenvalue weighted by atomic mass is 79.9. The molecule has 3 aromatic rings. The number of para-hydroxylation sites is 2. The molecule has 2 aromatic heterocycles. The van der Waals surface area contributed by atoms with Gasteiger partial charge in [-0.05, 0) is 47.1 Å². The molecule has 0 aliphatic carbocycles. The van der Waals surface area contributed by atoms with Crippen LogP contribution in [0.15, 0.2) is 45.5 Å². The van der Waals surface area contributed by atoms with Crippen LogP contribution in [0.25, 0.3) is 11.0 Å². The molecule has 108 valence electrons. The first-order valence-corrected chi connectivity index (χ1v) is 7.33. The number of carbonyl (C=O) groups is 1. The molecule has 1 amide bonds. The van der Waals surface area contributed by atoms with Crippen molar-refractivity contribution in [3.8, 4) is 0 Å². The van der Waals surface area contributed by atoms with Gasteiger partial charge in [0.2, 0.25) is 0 Å². The molecule has 1 atom stereocenters. The van der Waals surface area contributed by atoms with Crippen LogP contribution in [0.4, 0.5) is 0 Å². The summed E-state index contributed by atoms with van der Waals surface area (Å²) in [6, 6.07) is 11.0. The fraction of sp³-hybridized carbons (Fsp3) is 0.200. The van der Waals surface area contributed by atoms with Gasteiger partial charge in [0, 0.05) is 7.05 Å². The van der Waals surface area contributed by atoms with Gasteiger partial charge in [0.25, 0.3) is 5.91 Å². The Kier molecular flexibility index (Phi) is 3.55.